The number of likely N-dealkylation sites (tertiary alicyclic amines) is 2. The number of carbonyl (C=O) groups excluding carboxylic acids is 1. The second-order valence-electron chi connectivity index (χ2n) is 8.50. The molecule has 3 aromatic rings. The van der Waals surface area contributed by atoms with Crippen molar-refractivity contribution in [1.29, 1.82) is 0 Å². The Morgan fingerprint density at radius 2 is 1.76 bits per heavy atom. The summed E-state index contributed by atoms with van der Waals surface area (Å²) >= 11 is 0. The molecule has 7 nitrogen and oxygen atoms in total. The van der Waals surface area contributed by atoms with Crippen LogP contribution in [0.2, 0.25) is 0 Å². The van der Waals surface area contributed by atoms with Crippen molar-refractivity contribution in [3.05, 3.63) is 84.3 Å². The van der Waals surface area contributed by atoms with E-state index in [2.05, 4.69) is 27.0 Å². The minimum atomic E-state index is 0.0307. The maximum Gasteiger partial charge on any atom is 0.255 e. The third-order valence-corrected chi connectivity index (χ3v) is 6.59. The van der Waals surface area contributed by atoms with Gasteiger partial charge < -0.3 is 14.4 Å². The number of pyridine rings is 2. The van der Waals surface area contributed by atoms with Gasteiger partial charge in [0.25, 0.3) is 5.91 Å². The average Bonchev–Trinajstić information content (AvgIpc) is 2.87. The molecule has 0 bridgehead atoms. The van der Waals surface area contributed by atoms with Gasteiger partial charge in [0.1, 0.15) is 11.9 Å². The van der Waals surface area contributed by atoms with E-state index >= 15 is 0 Å². The number of aromatic nitrogens is 2. The number of piperidine rings is 1. The summed E-state index contributed by atoms with van der Waals surface area (Å²) in [5, 5.41) is 0. The van der Waals surface area contributed by atoms with Gasteiger partial charge in [-0.2, -0.15) is 0 Å². The highest BCUT2D eigenvalue weighted by atomic mass is 16.5. The van der Waals surface area contributed by atoms with Crippen molar-refractivity contribution in [1.82, 2.24) is 19.8 Å². The predicted molar refractivity (Wildman–Crippen MR) is 124 cm³/mol. The Morgan fingerprint density at radius 1 is 1.00 bits per heavy atom. The Balaban J connectivity index is 1.24. The first kappa shape index (κ1) is 21.4. The van der Waals surface area contributed by atoms with Crippen molar-refractivity contribution < 1.29 is 14.3 Å². The molecule has 0 unspecified atom stereocenters. The monoisotopic (exact) mass is 444 g/mol. The van der Waals surface area contributed by atoms with Crippen molar-refractivity contribution >= 4 is 5.91 Å². The maximum absolute atomic E-state index is 12.9. The lowest BCUT2D eigenvalue weighted by Gasteiger charge is -2.53. The molecule has 1 aromatic carbocycles. The Labute approximate surface area is 194 Å². The van der Waals surface area contributed by atoms with E-state index in [4.69, 9.17) is 9.47 Å². The van der Waals surface area contributed by atoms with Crippen LogP contribution in [0.5, 0.6) is 11.6 Å². The Hall–Kier alpha value is -3.45. The second kappa shape index (κ2) is 9.58. The smallest absolute Gasteiger partial charge is 0.255 e. The zero-order chi connectivity index (χ0) is 22.6. The molecule has 2 atom stereocenters. The van der Waals surface area contributed by atoms with Crippen molar-refractivity contribution in [2.75, 3.05) is 26.7 Å². The first-order valence-corrected chi connectivity index (χ1v) is 11.4. The van der Waals surface area contributed by atoms with Gasteiger partial charge in [-0.3, -0.25) is 14.7 Å². The van der Waals surface area contributed by atoms with E-state index in [9.17, 15) is 4.79 Å². The molecule has 7 heteroatoms. The third-order valence-electron chi connectivity index (χ3n) is 6.59. The van der Waals surface area contributed by atoms with Crippen LogP contribution < -0.4 is 9.47 Å². The minimum Gasteiger partial charge on any atom is -0.487 e. The molecule has 0 radical (unpaired) electrons. The minimum absolute atomic E-state index is 0.0307. The molecule has 0 saturated carbocycles. The van der Waals surface area contributed by atoms with Crippen LogP contribution in [-0.4, -0.2) is 64.6 Å². The quantitative estimate of drug-likeness (QED) is 0.579. The van der Waals surface area contributed by atoms with E-state index in [0.29, 0.717) is 17.5 Å². The zero-order valence-corrected chi connectivity index (χ0v) is 18.7. The number of hydrogen-bond donors (Lipinski definition) is 0. The van der Waals surface area contributed by atoms with Crippen molar-refractivity contribution in [2.24, 2.45) is 0 Å². The summed E-state index contributed by atoms with van der Waals surface area (Å²) in [6.45, 7) is 2.35. The van der Waals surface area contributed by atoms with Gasteiger partial charge in [-0.05, 0) is 48.7 Å². The molecule has 2 aromatic heterocycles. The van der Waals surface area contributed by atoms with Crippen LogP contribution in [0.4, 0.5) is 0 Å². The highest BCUT2D eigenvalue weighted by Gasteiger charge is 2.46. The van der Waals surface area contributed by atoms with Crippen molar-refractivity contribution in [3.8, 4) is 11.6 Å². The van der Waals surface area contributed by atoms with E-state index < -0.39 is 0 Å². The fourth-order valence-electron chi connectivity index (χ4n) is 4.83. The summed E-state index contributed by atoms with van der Waals surface area (Å²) in [7, 11) is 1.57. The topological polar surface area (TPSA) is 67.8 Å². The summed E-state index contributed by atoms with van der Waals surface area (Å²) in [4.78, 5) is 25.7. The molecular formula is C26H28N4O3. The molecule has 2 aliphatic rings. The van der Waals surface area contributed by atoms with Gasteiger partial charge in [0.2, 0.25) is 5.88 Å². The number of carbonyl (C=O) groups is 1. The number of ether oxygens (including phenoxy) is 2. The Bertz CT molecular complexity index is 1050. The third kappa shape index (κ3) is 4.54. The normalized spacial score (nSPS) is 21.3. The summed E-state index contributed by atoms with van der Waals surface area (Å²) in [6.07, 6.45) is 7.25. The molecule has 5 rings (SSSR count). The summed E-state index contributed by atoms with van der Waals surface area (Å²) in [6, 6.07) is 18.3. The molecule has 2 saturated heterocycles. The highest BCUT2D eigenvalue weighted by molar-refractivity contribution is 5.94. The van der Waals surface area contributed by atoms with Crippen LogP contribution in [0.1, 0.15) is 34.8 Å². The summed E-state index contributed by atoms with van der Waals surface area (Å²) in [5.41, 5.74) is 1.82. The standard InChI is InChI=1S/C26H28N4O3/c1-32-24-8-7-20(17-28-24)26(31)29-15-11-21(12-16-29)30-18-23(33-22-5-3-2-4-6-22)25(30)19-9-13-27-14-10-19/h2-10,13-14,17,21,23,25H,11-12,15-16,18H2,1H3/t23-,25-/m0/s1. The fraction of sp³-hybridized carbons (Fsp3) is 0.346. The van der Waals surface area contributed by atoms with Gasteiger partial charge in [0.15, 0.2) is 0 Å². The molecule has 33 heavy (non-hydrogen) atoms. The van der Waals surface area contributed by atoms with Gasteiger partial charge in [-0.25, -0.2) is 4.98 Å². The van der Waals surface area contributed by atoms with E-state index in [1.54, 1.807) is 25.4 Å². The van der Waals surface area contributed by atoms with Crippen LogP contribution in [0, 0.1) is 0 Å². The molecule has 2 aliphatic heterocycles. The lowest BCUT2D eigenvalue weighted by Crippen LogP contribution is -2.61. The van der Waals surface area contributed by atoms with Crippen molar-refractivity contribution in [2.45, 2.75) is 31.0 Å². The molecule has 0 aliphatic carbocycles. The summed E-state index contributed by atoms with van der Waals surface area (Å²) < 4.78 is 11.4. The number of para-hydroxylation sites is 1. The van der Waals surface area contributed by atoms with E-state index in [0.717, 1.165) is 38.2 Å². The lowest BCUT2D eigenvalue weighted by molar-refractivity contribution is -0.0842. The predicted octanol–water partition coefficient (Wildman–Crippen LogP) is 3.59. The second-order valence-corrected chi connectivity index (χ2v) is 8.50. The van der Waals surface area contributed by atoms with Gasteiger partial charge in [-0.15, -0.1) is 0 Å². The number of benzene rings is 1. The van der Waals surface area contributed by atoms with Crippen LogP contribution in [0.3, 0.4) is 0 Å². The van der Waals surface area contributed by atoms with E-state index in [-0.39, 0.29) is 18.1 Å². The molecule has 2 fully saturated rings. The first-order chi connectivity index (χ1) is 16.2. The van der Waals surface area contributed by atoms with Crippen LogP contribution in [0.25, 0.3) is 0 Å². The largest absolute Gasteiger partial charge is 0.487 e. The van der Waals surface area contributed by atoms with Crippen LogP contribution in [-0.2, 0) is 0 Å². The number of methoxy groups -OCH3 is 1. The first-order valence-electron chi connectivity index (χ1n) is 11.4. The van der Waals surface area contributed by atoms with Crippen LogP contribution >= 0.6 is 0 Å². The van der Waals surface area contributed by atoms with Gasteiger partial charge in [0, 0.05) is 50.3 Å². The lowest BCUT2D eigenvalue weighted by atomic mass is 9.87. The molecule has 1 amide bonds. The van der Waals surface area contributed by atoms with Crippen LogP contribution in [0.15, 0.2) is 73.2 Å². The SMILES string of the molecule is COc1ccc(C(=O)N2CCC(N3C[C@H](Oc4ccccc4)[C@@H]3c3ccncc3)CC2)cn1. The number of rotatable bonds is 6. The summed E-state index contributed by atoms with van der Waals surface area (Å²) in [5.74, 6) is 1.44. The average molecular weight is 445 g/mol. The molecule has 0 spiro atoms. The van der Waals surface area contributed by atoms with E-state index in [1.807, 2.05) is 47.6 Å². The zero-order valence-electron chi connectivity index (χ0n) is 18.7. The molecule has 0 N–H and O–H groups in total. The highest BCUT2D eigenvalue weighted by Crippen LogP contribution is 2.40. The molecule has 4 heterocycles. The maximum atomic E-state index is 12.9. The van der Waals surface area contributed by atoms with Gasteiger partial charge in [-0.1, -0.05) is 18.2 Å². The van der Waals surface area contributed by atoms with Gasteiger partial charge in [0.05, 0.1) is 18.7 Å². The molecule has 170 valence electrons. The Morgan fingerprint density at radius 3 is 2.42 bits per heavy atom. The van der Waals surface area contributed by atoms with E-state index in [1.165, 1.54) is 5.56 Å². The van der Waals surface area contributed by atoms with Crippen molar-refractivity contribution in [3.63, 3.8) is 0 Å². The number of nitrogens with zero attached hydrogens (tertiary/aromatic N) is 4. The fourth-order valence-corrected chi connectivity index (χ4v) is 4.83. The number of amides is 1. The molecular weight excluding hydrogens is 416 g/mol. The Kier molecular flexibility index (Phi) is 6.21. The number of hydrogen-bond acceptors (Lipinski definition) is 6. The van der Waals surface area contributed by atoms with Gasteiger partial charge >= 0.3 is 0 Å².